The molecule has 0 saturated carbocycles. The Morgan fingerprint density at radius 1 is 1.83 bits per heavy atom. The van der Waals surface area contributed by atoms with Gasteiger partial charge in [0.2, 0.25) is 0 Å². The predicted octanol–water partition coefficient (Wildman–Crippen LogP) is 0.0584. The summed E-state index contributed by atoms with van der Waals surface area (Å²) in [7, 11) is 0. The molecule has 0 atom stereocenters. The fourth-order valence-electron chi connectivity index (χ4n) is 1.01. The van der Waals surface area contributed by atoms with Crippen molar-refractivity contribution in [1.29, 1.82) is 0 Å². The van der Waals surface area contributed by atoms with Crippen LogP contribution in [0.5, 0.6) is 0 Å². The summed E-state index contributed by atoms with van der Waals surface area (Å²) in [6.07, 6.45) is 1.24. The minimum atomic E-state index is -0.463. The molecule has 1 aromatic heterocycles. The van der Waals surface area contributed by atoms with Crippen molar-refractivity contribution in [1.82, 2.24) is 9.55 Å². The molecule has 0 saturated heterocycles. The van der Waals surface area contributed by atoms with Crippen molar-refractivity contribution in [3.63, 3.8) is 0 Å². The van der Waals surface area contributed by atoms with Gasteiger partial charge in [0.1, 0.15) is 12.7 Å². The lowest BCUT2D eigenvalue weighted by molar-refractivity contribution is -0.392. The maximum absolute atomic E-state index is 10.4. The number of hydrogen-bond acceptors (Lipinski definition) is 4. The highest BCUT2D eigenvalue weighted by atomic mass is 16.6. The molecule has 1 aromatic rings. The molecule has 6 heteroatoms. The third-order valence-corrected chi connectivity index (χ3v) is 1.57. The Bertz CT molecular complexity index is 294. The number of nitrogens with two attached hydrogens (primary N) is 1. The predicted molar refractivity (Wildman–Crippen MR) is 42.7 cm³/mol. The Kier molecular flexibility index (Phi) is 2.39. The normalized spacial score (nSPS) is 10.2. The van der Waals surface area contributed by atoms with Crippen LogP contribution in [-0.4, -0.2) is 21.0 Å². The van der Waals surface area contributed by atoms with Crippen LogP contribution >= 0.6 is 0 Å². The molecule has 0 bridgehead atoms. The van der Waals surface area contributed by atoms with Crippen molar-refractivity contribution in [3.05, 3.63) is 22.1 Å². The summed E-state index contributed by atoms with van der Waals surface area (Å²) in [4.78, 5) is 13.8. The standard InChI is InChI=1S/C6H10N4O2/c1-5-8-4-6(10(11)12)9(5)3-2-7/h4H,2-3,7H2,1H3. The summed E-state index contributed by atoms with van der Waals surface area (Å²) in [5.74, 6) is 0.616. The first-order valence-electron chi connectivity index (χ1n) is 3.53. The first-order chi connectivity index (χ1) is 5.66. The lowest BCUT2D eigenvalue weighted by Gasteiger charge is -1.99. The van der Waals surface area contributed by atoms with E-state index >= 15 is 0 Å². The van der Waals surface area contributed by atoms with Gasteiger partial charge in [0.05, 0.1) is 0 Å². The van der Waals surface area contributed by atoms with Crippen molar-refractivity contribution in [3.8, 4) is 0 Å². The van der Waals surface area contributed by atoms with E-state index in [0.717, 1.165) is 0 Å². The second-order valence-electron chi connectivity index (χ2n) is 2.36. The number of aryl methyl sites for hydroxylation is 1. The minimum Gasteiger partial charge on any atom is -0.358 e. The average Bonchev–Trinajstić information content (AvgIpc) is 2.34. The zero-order valence-corrected chi connectivity index (χ0v) is 6.73. The number of nitrogens with zero attached hydrogens (tertiary/aromatic N) is 3. The quantitative estimate of drug-likeness (QED) is 0.513. The first kappa shape index (κ1) is 8.66. The van der Waals surface area contributed by atoms with Crippen LogP contribution in [-0.2, 0) is 6.54 Å². The van der Waals surface area contributed by atoms with Crippen molar-refractivity contribution >= 4 is 5.82 Å². The van der Waals surface area contributed by atoms with Crippen LogP contribution < -0.4 is 5.73 Å². The van der Waals surface area contributed by atoms with Crippen molar-refractivity contribution in [2.24, 2.45) is 5.73 Å². The molecule has 1 rings (SSSR count). The highest BCUT2D eigenvalue weighted by molar-refractivity contribution is 5.18. The first-order valence-corrected chi connectivity index (χ1v) is 3.53. The minimum absolute atomic E-state index is 0.00190. The van der Waals surface area contributed by atoms with Gasteiger partial charge in [-0.25, -0.2) is 9.55 Å². The van der Waals surface area contributed by atoms with Gasteiger partial charge in [-0.15, -0.1) is 0 Å². The Morgan fingerprint density at radius 2 is 2.50 bits per heavy atom. The summed E-state index contributed by atoms with van der Waals surface area (Å²) in [6.45, 7) is 2.52. The Balaban J connectivity index is 3.03. The summed E-state index contributed by atoms with van der Waals surface area (Å²) in [5.41, 5.74) is 5.29. The van der Waals surface area contributed by atoms with Gasteiger partial charge in [0.25, 0.3) is 0 Å². The second-order valence-corrected chi connectivity index (χ2v) is 2.36. The van der Waals surface area contributed by atoms with E-state index in [-0.39, 0.29) is 5.82 Å². The fraction of sp³-hybridized carbons (Fsp3) is 0.500. The van der Waals surface area contributed by atoms with Gasteiger partial charge < -0.3 is 15.8 Å². The van der Waals surface area contributed by atoms with Gasteiger partial charge >= 0.3 is 5.82 Å². The maximum Gasteiger partial charge on any atom is 0.342 e. The van der Waals surface area contributed by atoms with Gasteiger partial charge in [0, 0.05) is 13.5 Å². The highest BCUT2D eigenvalue weighted by Gasteiger charge is 2.15. The average molecular weight is 170 g/mol. The fourth-order valence-corrected chi connectivity index (χ4v) is 1.01. The molecule has 0 amide bonds. The molecule has 0 aliphatic heterocycles. The zero-order valence-electron chi connectivity index (χ0n) is 6.73. The number of nitro groups is 1. The Morgan fingerprint density at radius 3 is 3.00 bits per heavy atom. The summed E-state index contributed by atoms with van der Waals surface area (Å²) in [6, 6.07) is 0. The van der Waals surface area contributed by atoms with Crippen molar-refractivity contribution in [2.75, 3.05) is 6.54 Å². The van der Waals surface area contributed by atoms with E-state index in [1.807, 2.05) is 0 Å². The van der Waals surface area contributed by atoms with E-state index in [9.17, 15) is 10.1 Å². The number of hydrogen-bond donors (Lipinski definition) is 1. The van der Waals surface area contributed by atoms with Crippen LogP contribution in [0.15, 0.2) is 6.20 Å². The van der Waals surface area contributed by atoms with Gasteiger partial charge in [-0.05, 0) is 4.92 Å². The van der Waals surface area contributed by atoms with Gasteiger partial charge in [-0.3, -0.25) is 0 Å². The molecule has 0 fully saturated rings. The summed E-state index contributed by atoms with van der Waals surface area (Å²) < 4.78 is 1.49. The maximum atomic E-state index is 10.4. The van der Waals surface area contributed by atoms with E-state index in [0.29, 0.717) is 18.9 Å². The monoisotopic (exact) mass is 170 g/mol. The second kappa shape index (κ2) is 3.31. The third kappa shape index (κ3) is 1.42. The molecule has 0 aliphatic rings. The summed E-state index contributed by atoms with van der Waals surface area (Å²) in [5, 5.41) is 10.4. The molecule has 2 N–H and O–H groups in total. The molecule has 1 heterocycles. The van der Waals surface area contributed by atoms with Crippen LogP contribution in [0.4, 0.5) is 5.82 Å². The third-order valence-electron chi connectivity index (χ3n) is 1.57. The summed E-state index contributed by atoms with van der Waals surface area (Å²) >= 11 is 0. The van der Waals surface area contributed by atoms with Crippen molar-refractivity contribution < 1.29 is 4.92 Å². The van der Waals surface area contributed by atoms with E-state index in [2.05, 4.69) is 4.98 Å². The number of imidazole rings is 1. The van der Waals surface area contributed by atoms with E-state index < -0.39 is 4.92 Å². The molecular weight excluding hydrogens is 160 g/mol. The topological polar surface area (TPSA) is 87.0 Å². The SMILES string of the molecule is Cc1ncc([N+](=O)[O-])n1CCN. The molecule has 12 heavy (non-hydrogen) atoms. The molecule has 0 aromatic carbocycles. The van der Waals surface area contributed by atoms with Gasteiger partial charge in [-0.1, -0.05) is 0 Å². The lowest BCUT2D eigenvalue weighted by Crippen LogP contribution is -2.12. The van der Waals surface area contributed by atoms with Gasteiger partial charge in [-0.2, -0.15) is 0 Å². The van der Waals surface area contributed by atoms with Crippen LogP contribution in [0.3, 0.4) is 0 Å². The Hall–Kier alpha value is -1.43. The van der Waals surface area contributed by atoms with Crippen molar-refractivity contribution in [2.45, 2.75) is 13.5 Å². The number of rotatable bonds is 3. The highest BCUT2D eigenvalue weighted by Crippen LogP contribution is 2.12. The molecule has 6 nitrogen and oxygen atoms in total. The van der Waals surface area contributed by atoms with Crippen LogP contribution in [0.2, 0.25) is 0 Å². The van der Waals surface area contributed by atoms with Crippen LogP contribution in [0.1, 0.15) is 5.82 Å². The Labute approximate surface area is 69.2 Å². The lowest BCUT2D eigenvalue weighted by atomic mass is 10.5. The van der Waals surface area contributed by atoms with E-state index in [1.54, 1.807) is 6.92 Å². The van der Waals surface area contributed by atoms with E-state index in [4.69, 9.17) is 5.73 Å². The molecular formula is C6H10N4O2. The smallest absolute Gasteiger partial charge is 0.342 e. The molecule has 0 radical (unpaired) electrons. The zero-order chi connectivity index (χ0) is 9.14. The number of aromatic nitrogens is 2. The van der Waals surface area contributed by atoms with Crippen LogP contribution in [0, 0.1) is 17.0 Å². The van der Waals surface area contributed by atoms with Gasteiger partial charge in [0.15, 0.2) is 5.82 Å². The molecule has 66 valence electrons. The molecule has 0 unspecified atom stereocenters. The van der Waals surface area contributed by atoms with E-state index in [1.165, 1.54) is 10.8 Å². The van der Waals surface area contributed by atoms with Crippen LogP contribution in [0.25, 0.3) is 0 Å². The largest absolute Gasteiger partial charge is 0.358 e. The molecule has 0 spiro atoms. The molecule has 0 aliphatic carbocycles.